The van der Waals surface area contributed by atoms with E-state index in [1.165, 1.54) is 21.3 Å². The standard InChI is InChI=1S/C24H26N4O4/c1-14(2)13-28-23-17(10-15-8-6-7-9-18(15)25-23)22(27-28)26-24(29)16-11-19(30-3)21(32-5)20(12-16)31-4/h6-12,14H,13H2,1-5H3,(H,26,27,29). The van der Waals surface area contributed by atoms with Crippen LogP contribution in [0.5, 0.6) is 17.2 Å². The summed E-state index contributed by atoms with van der Waals surface area (Å²) in [6, 6.07) is 13.1. The third-order valence-electron chi connectivity index (χ3n) is 5.12. The highest BCUT2D eigenvalue weighted by atomic mass is 16.5. The summed E-state index contributed by atoms with van der Waals surface area (Å²) < 4.78 is 17.9. The molecule has 0 atom stereocenters. The molecule has 0 aliphatic carbocycles. The highest BCUT2D eigenvalue weighted by Gasteiger charge is 2.20. The van der Waals surface area contributed by atoms with E-state index in [0.717, 1.165) is 21.9 Å². The van der Waals surface area contributed by atoms with Gasteiger partial charge in [-0.25, -0.2) is 9.67 Å². The average molecular weight is 434 g/mol. The molecule has 2 aromatic carbocycles. The van der Waals surface area contributed by atoms with Gasteiger partial charge in [0.25, 0.3) is 5.91 Å². The van der Waals surface area contributed by atoms with Gasteiger partial charge in [-0.05, 0) is 30.2 Å². The van der Waals surface area contributed by atoms with Gasteiger partial charge in [-0.2, -0.15) is 5.10 Å². The van der Waals surface area contributed by atoms with Crippen molar-refractivity contribution in [1.29, 1.82) is 0 Å². The zero-order valence-corrected chi connectivity index (χ0v) is 18.8. The maximum atomic E-state index is 13.2. The first-order chi connectivity index (χ1) is 15.4. The Morgan fingerprint density at radius 1 is 1.03 bits per heavy atom. The molecule has 8 heteroatoms. The van der Waals surface area contributed by atoms with Crippen molar-refractivity contribution in [1.82, 2.24) is 14.8 Å². The van der Waals surface area contributed by atoms with Gasteiger partial charge in [0, 0.05) is 17.5 Å². The number of hydrogen-bond donors (Lipinski definition) is 1. The molecule has 166 valence electrons. The minimum Gasteiger partial charge on any atom is -0.493 e. The third kappa shape index (κ3) is 3.91. The first-order valence-electron chi connectivity index (χ1n) is 10.3. The van der Waals surface area contributed by atoms with Crippen molar-refractivity contribution in [2.75, 3.05) is 26.6 Å². The number of amides is 1. The van der Waals surface area contributed by atoms with Crippen molar-refractivity contribution in [3.05, 3.63) is 48.0 Å². The topological polar surface area (TPSA) is 87.5 Å². The van der Waals surface area contributed by atoms with Crippen LogP contribution in [0.4, 0.5) is 5.82 Å². The monoisotopic (exact) mass is 434 g/mol. The lowest BCUT2D eigenvalue weighted by molar-refractivity contribution is 0.102. The predicted molar refractivity (Wildman–Crippen MR) is 124 cm³/mol. The molecule has 0 spiro atoms. The highest BCUT2D eigenvalue weighted by Crippen LogP contribution is 2.38. The Morgan fingerprint density at radius 3 is 2.34 bits per heavy atom. The number of nitrogens with one attached hydrogen (secondary N) is 1. The molecule has 32 heavy (non-hydrogen) atoms. The van der Waals surface area contributed by atoms with E-state index in [-0.39, 0.29) is 5.91 Å². The molecule has 0 unspecified atom stereocenters. The first kappa shape index (κ1) is 21.4. The van der Waals surface area contributed by atoms with E-state index in [4.69, 9.17) is 19.2 Å². The number of carbonyl (C=O) groups is 1. The Balaban J connectivity index is 1.78. The smallest absolute Gasteiger partial charge is 0.257 e. The molecule has 0 bridgehead atoms. The van der Waals surface area contributed by atoms with Gasteiger partial charge < -0.3 is 19.5 Å². The summed E-state index contributed by atoms with van der Waals surface area (Å²) in [6.45, 7) is 4.91. The SMILES string of the molecule is COc1cc(C(=O)Nc2nn(CC(C)C)c3nc4ccccc4cc23)cc(OC)c1OC. The molecule has 1 N–H and O–H groups in total. The predicted octanol–water partition coefficient (Wildman–Crippen LogP) is 4.52. The summed E-state index contributed by atoms with van der Waals surface area (Å²) in [7, 11) is 4.54. The number of anilines is 1. The van der Waals surface area contributed by atoms with Crippen molar-refractivity contribution in [3.63, 3.8) is 0 Å². The van der Waals surface area contributed by atoms with Crippen LogP contribution in [0.2, 0.25) is 0 Å². The van der Waals surface area contributed by atoms with Crippen LogP contribution in [-0.2, 0) is 6.54 Å². The van der Waals surface area contributed by atoms with Gasteiger partial charge in [0.05, 0.1) is 32.2 Å². The molecule has 0 fully saturated rings. The lowest BCUT2D eigenvalue weighted by Crippen LogP contribution is -2.14. The molecule has 0 saturated carbocycles. The summed E-state index contributed by atoms with van der Waals surface area (Å²) in [6.07, 6.45) is 0. The maximum absolute atomic E-state index is 13.2. The minimum atomic E-state index is -0.339. The lowest BCUT2D eigenvalue weighted by Gasteiger charge is -2.13. The number of fused-ring (bicyclic) bond motifs is 2. The van der Waals surface area contributed by atoms with Crippen molar-refractivity contribution < 1.29 is 19.0 Å². The zero-order valence-electron chi connectivity index (χ0n) is 18.8. The van der Waals surface area contributed by atoms with E-state index >= 15 is 0 Å². The zero-order chi connectivity index (χ0) is 22.8. The molecule has 4 rings (SSSR count). The Bertz CT molecular complexity index is 1270. The second kappa shape index (κ2) is 8.74. The quantitative estimate of drug-likeness (QED) is 0.460. The second-order valence-corrected chi connectivity index (χ2v) is 7.84. The van der Waals surface area contributed by atoms with Crippen LogP contribution in [0.3, 0.4) is 0 Å². The number of hydrogen-bond acceptors (Lipinski definition) is 6. The number of aromatic nitrogens is 3. The largest absolute Gasteiger partial charge is 0.493 e. The number of carbonyl (C=O) groups excluding carboxylic acids is 1. The normalized spacial score (nSPS) is 11.2. The summed E-state index contributed by atoms with van der Waals surface area (Å²) in [5.74, 6) is 1.71. The fourth-order valence-electron chi connectivity index (χ4n) is 3.66. The molecule has 2 aromatic heterocycles. The Hall–Kier alpha value is -3.81. The highest BCUT2D eigenvalue weighted by molar-refractivity contribution is 6.09. The van der Waals surface area contributed by atoms with Crippen LogP contribution in [0, 0.1) is 5.92 Å². The number of pyridine rings is 1. The first-order valence-corrected chi connectivity index (χ1v) is 10.3. The Kier molecular flexibility index (Phi) is 5.85. The van der Waals surface area contributed by atoms with E-state index < -0.39 is 0 Å². The van der Waals surface area contributed by atoms with Gasteiger partial charge in [-0.3, -0.25) is 4.79 Å². The summed E-state index contributed by atoms with van der Waals surface area (Å²) in [5, 5.41) is 9.37. The number of methoxy groups -OCH3 is 3. The van der Waals surface area contributed by atoms with Gasteiger partial charge in [0.2, 0.25) is 5.75 Å². The Morgan fingerprint density at radius 2 is 1.72 bits per heavy atom. The number of rotatable bonds is 7. The lowest BCUT2D eigenvalue weighted by atomic mass is 10.1. The summed E-state index contributed by atoms with van der Waals surface area (Å²) in [5.41, 5.74) is 1.98. The Labute approximate surface area is 186 Å². The van der Waals surface area contributed by atoms with Gasteiger partial charge in [-0.15, -0.1) is 0 Å². The molecule has 1 amide bonds. The second-order valence-electron chi connectivity index (χ2n) is 7.84. The fourth-order valence-corrected chi connectivity index (χ4v) is 3.66. The molecule has 8 nitrogen and oxygen atoms in total. The van der Waals surface area contributed by atoms with Crippen molar-refractivity contribution in [2.24, 2.45) is 5.92 Å². The molecule has 0 aliphatic heterocycles. The number of nitrogens with zero attached hydrogens (tertiary/aromatic N) is 3. The minimum absolute atomic E-state index is 0.339. The van der Waals surface area contributed by atoms with Gasteiger partial charge in [0.1, 0.15) is 0 Å². The van der Waals surface area contributed by atoms with Crippen LogP contribution in [-0.4, -0.2) is 42.0 Å². The maximum Gasteiger partial charge on any atom is 0.257 e. The van der Waals surface area contributed by atoms with Crippen molar-refractivity contribution in [3.8, 4) is 17.2 Å². The summed E-state index contributed by atoms with van der Waals surface area (Å²) in [4.78, 5) is 18.0. The molecule has 0 saturated heterocycles. The van der Waals surface area contributed by atoms with Crippen LogP contribution in [0.15, 0.2) is 42.5 Å². The average Bonchev–Trinajstić information content (AvgIpc) is 3.11. The molecule has 4 aromatic rings. The van der Waals surface area contributed by atoms with Crippen LogP contribution >= 0.6 is 0 Å². The number of para-hydroxylation sites is 1. The molecular weight excluding hydrogens is 408 g/mol. The van der Waals surface area contributed by atoms with E-state index in [9.17, 15) is 4.79 Å². The van der Waals surface area contributed by atoms with Crippen LogP contribution in [0.25, 0.3) is 21.9 Å². The van der Waals surface area contributed by atoms with Gasteiger partial charge in [-0.1, -0.05) is 32.0 Å². The molecular formula is C24H26N4O4. The van der Waals surface area contributed by atoms with Gasteiger partial charge >= 0.3 is 0 Å². The fraction of sp³-hybridized carbons (Fsp3) is 0.292. The molecule has 0 aliphatic rings. The van der Waals surface area contributed by atoms with Crippen molar-refractivity contribution in [2.45, 2.75) is 20.4 Å². The number of ether oxygens (including phenoxy) is 3. The van der Waals surface area contributed by atoms with E-state index in [0.29, 0.717) is 41.1 Å². The van der Waals surface area contributed by atoms with Crippen LogP contribution in [0.1, 0.15) is 24.2 Å². The van der Waals surface area contributed by atoms with Gasteiger partial charge in [0.15, 0.2) is 23.0 Å². The van der Waals surface area contributed by atoms with Crippen molar-refractivity contribution >= 4 is 33.7 Å². The van der Waals surface area contributed by atoms with Crippen LogP contribution < -0.4 is 19.5 Å². The summed E-state index contributed by atoms with van der Waals surface area (Å²) >= 11 is 0. The molecule has 0 radical (unpaired) electrons. The van der Waals surface area contributed by atoms with E-state index in [2.05, 4.69) is 24.3 Å². The van der Waals surface area contributed by atoms with E-state index in [1.54, 1.807) is 12.1 Å². The third-order valence-corrected chi connectivity index (χ3v) is 5.12. The molecule has 2 heterocycles. The van der Waals surface area contributed by atoms with E-state index in [1.807, 2.05) is 35.0 Å². The number of benzene rings is 2.